The van der Waals surface area contributed by atoms with Crippen molar-refractivity contribution in [3.63, 3.8) is 0 Å². The maximum Gasteiger partial charge on any atom is 0.489 e. The van der Waals surface area contributed by atoms with Crippen LogP contribution in [0.3, 0.4) is 0 Å². The molecule has 5 aromatic rings. The maximum absolute atomic E-state index is 10.1. The van der Waals surface area contributed by atoms with Crippen molar-refractivity contribution < 1.29 is 10.0 Å². The Morgan fingerprint density at radius 2 is 0.828 bits per heavy atom. The molecule has 0 bridgehead atoms. The molecule has 0 aliphatic heterocycles. The normalized spacial score (nSPS) is 11.1. The molecule has 0 atom stereocenters. The van der Waals surface area contributed by atoms with E-state index in [0.29, 0.717) is 5.46 Å². The summed E-state index contributed by atoms with van der Waals surface area (Å²) in [6.45, 7) is 0. The molecule has 0 amide bonds. The molecule has 3 heteroatoms. The Labute approximate surface area is 169 Å². The molecule has 0 aliphatic carbocycles. The first-order valence-corrected chi connectivity index (χ1v) is 9.69. The van der Waals surface area contributed by atoms with Crippen LogP contribution in [0.2, 0.25) is 0 Å². The van der Waals surface area contributed by atoms with E-state index in [1.54, 1.807) is 0 Å². The van der Waals surface area contributed by atoms with Gasteiger partial charge in [0.1, 0.15) is 0 Å². The molecule has 0 aliphatic rings. The highest BCUT2D eigenvalue weighted by atomic mass is 16.4. The van der Waals surface area contributed by atoms with Crippen molar-refractivity contribution >= 4 is 34.1 Å². The molecule has 0 aromatic heterocycles. The SMILES string of the molecule is OB(O)c1c2ccccc2c(-c2ccc(-c3ccccc3)cc2)c2ccccc12. The van der Waals surface area contributed by atoms with Crippen LogP contribution in [0.25, 0.3) is 43.8 Å². The monoisotopic (exact) mass is 374 g/mol. The summed E-state index contributed by atoms with van der Waals surface area (Å²) in [5.41, 5.74) is 5.13. The summed E-state index contributed by atoms with van der Waals surface area (Å²) in [5, 5.41) is 24.0. The van der Waals surface area contributed by atoms with E-state index in [1.807, 2.05) is 66.7 Å². The number of rotatable bonds is 3. The van der Waals surface area contributed by atoms with Gasteiger partial charge in [0.25, 0.3) is 0 Å². The van der Waals surface area contributed by atoms with Crippen LogP contribution in [0.4, 0.5) is 0 Å². The van der Waals surface area contributed by atoms with Crippen LogP contribution >= 0.6 is 0 Å². The van der Waals surface area contributed by atoms with Crippen molar-refractivity contribution in [1.29, 1.82) is 0 Å². The molecule has 2 N–H and O–H groups in total. The van der Waals surface area contributed by atoms with Gasteiger partial charge in [-0.2, -0.15) is 0 Å². The smallest absolute Gasteiger partial charge is 0.423 e. The van der Waals surface area contributed by atoms with Gasteiger partial charge in [0.15, 0.2) is 0 Å². The van der Waals surface area contributed by atoms with E-state index in [1.165, 1.54) is 11.1 Å². The Balaban J connectivity index is 1.80. The minimum absolute atomic E-state index is 0.556. The molecule has 2 nitrogen and oxygen atoms in total. The summed E-state index contributed by atoms with van der Waals surface area (Å²) in [6, 6.07) is 34.8. The number of fused-ring (bicyclic) bond motifs is 2. The Kier molecular flexibility index (Phi) is 4.40. The van der Waals surface area contributed by atoms with Crippen LogP contribution in [-0.2, 0) is 0 Å². The van der Waals surface area contributed by atoms with Gasteiger partial charge < -0.3 is 10.0 Å². The van der Waals surface area contributed by atoms with Gasteiger partial charge in [-0.25, -0.2) is 0 Å². The van der Waals surface area contributed by atoms with E-state index in [2.05, 4.69) is 36.4 Å². The van der Waals surface area contributed by atoms with Gasteiger partial charge in [-0.3, -0.25) is 0 Å². The minimum atomic E-state index is -1.53. The van der Waals surface area contributed by atoms with Crippen LogP contribution in [0.15, 0.2) is 103 Å². The summed E-state index contributed by atoms with van der Waals surface area (Å²) >= 11 is 0. The summed E-state index contributed by atoms with van der Waals surface area (Å²) in [6.07, 6.45) is 0. The average Bonchev–Trinajstić information content (AvgIpc) is 2.78. The first-order chi connectivity index (χ1) is 14.2. The highest BCUT2D eigenvalue weighted by Gasteiger charge is 2.22. The Hall–Kier alpha value is -3.40. The molecule has 29 heavy (non-hydrogen) atoms. The third-order valence-corrected chi connectivity index (χ3v) is 5.51. The van der Waals surface area contributed by atoms with Crippen LogP contribution < -0.4 is 5.46 Å². The lowest BCUT2D eigenvalue weighted by molar-refractivity contribution is 0.426. The predicted molar refractivity (Wildman–Crippen MR) is 122 cm³/mol. The van der Waals surface area contributed by atoms with E-state index in [-0.39, 0.29) is 0 Å². The topological polar surface area (TPSA) is 40.5 Å². The van der Waals surface area contributed by atoms with Gasteiger partial charge >= 0.3 is 7.12 Å². The van der Waals surface area contributed by atoms with E-state index in [0.717, 1.165) is 32.7 Å². The highest BCUT2D eigenvalue weighted by Crippen LogP contribution is 2.36. The number of benzene rings is 5. The molecule has 0 heterocycles. The van der Waals surface area contributed by atoms with Gasteiger partial charge in [0.2, 0.25) is 0 Å². The molecule has 138 valence electrons. The Bertz CT molecular complexity index is 1250. The van der Waals surface area contributed by atoms with E-state index in [4.69, 9.17) is 0 Å². The summed E-state index contributed by atoms with van der Waals surface area (Å²) in [4.78, 5) is 0. The lowest BCUT2D eigenvalue weighted by Crippen LogP contribution is -2.31. The van der Waals surface area contributed by atoms with E-state index < -0.39 is 7.12 Å². The molecule has 0 spiro atoms. The summed E-state index contributed by atoms with van der Waals surface area (Å²) < 4.78 is 0. The van der Waals surface area contributed by atoms with Crippen LogP contribution in [0.1, 0.15) is 0 Å². The maximum atomic E-state index is 10.1. The molecular formula is C26H19BO2. The van der Waals surface area contributed by atoms with Crippen molar-refractivity contribution in [2.45, 2.75) is 0 Å². The third kappa shape index (κ3) is 3.01. The van der Waals surface area contributed by atoms with Crippen LogP contribution in [-0.4, -0.2) is 17.2 Å². The summed E-state index contributed by atoms with van der Waals surface area (Å²) in [5.74, 6) is 0. The second kappa shape index (κ2) is 7.21. The molecule has 0 saturated carbocycles. The van der Waals surface area contributed by atoms with Gasteiger partial charge in [-0.1, -0.05) is 103 Å². The fourth-order valence-electron chi connectivity index (χ4n) is 4.21. The summed E-state index contributed by atoms with van der Waals surface area (Å²) in [7, 11) is -1.53. The zero-order chi connectivity index (χ0) is 19.8. The predicted octanol–water partition coefficient (Wildman–Crippen LogP) is 5.01. The van der Waals surface area contributed by atoms with Crippen molar-refractivity contribution in [2.75, 3.05) is 0 Å². The van der Waals surface area contributed by atoms with Gasteiger partial charge in [-0.15, -0.1) is 0 Å². The highest BCUT2D eigenvalue weighted by molar-refractivity contribution is 6.66. The van der Waals surface area contributed by atoms with Crippen molar-refractivity contribution in [2.24, 2.45) is 0 Å². The molecule has 0 unspecified atom stereocenters. The molecule has 0 fully saturated rings. The average molecular weight is 374 g/mol. The molecule has 0 saturated heterocycles. The first-order valence-electron chi connectivity index (χ1n) is 9.69. The van der Waals surface area contributed by atoms with Gasteiger partial charge in [0.05, 0.1) is 0 Å². The van der Waals surface area contributed by atoms with Gasteiger partial charge in [-0.05, 0) is 49.3 Å². The standard InChI is InChI=1S/C26H19BO2/c28-27(29)26-23-12-6-4-10-21(23)25(22-11-5-7-13-24(22)26)20-16-14-19(15-17-20)18-8-2-1-3-9-18/h1-17,28-29H. The number of hydrogen-bond acceptors (Lipinski definition) is 2. The lowest BCUT2D eigenvalue weighted by Gasteiger charge is -2.17. The van der Waals surface area contributed by atoms with E-state index >= 15 is 0 Å². The third-order valence-electron chi connectivity index (χ3n) is 5.51. The second-order valence-electron chi connectivity index (χ2n) is 7.20. The fourth-order valence-corrected chi connectivity index (χ4v) is 4.21. The zero-order valence-corrected chi connectivity index (χ0v) is 15.8. The fraction of sp³-hybridized carbons (Fsp3) is 0. The molecule has 5 aromatic carbocycles. The minimum Gasteiger partial charge on any atom is -0.423 e. The Morgan fingerprint density at radius 3 is 1.34 bits per heavy atom. The Morgan fingerprint density at radius 1 is 0.414 bits per heavy atom. The van der Waals surface area contributed by atoms with Crippen LogP contribution in [0.5, 0.6) is 0 Å². The van der Waals surface area contributed by atoms with Gasteiger partial charge in [0, 0.05) is 0 Å². The molecule has 0 radical (unpaired) electrons. The largest absolute Gasteiger partial charge is 0.489 e. The number of hydrogen-bond donors (Lipinski definition) is 2. The second-order valence-corrected chi connectivity index (χ2v) is 7.20. The quantitative estimate of drug-likeness (QED) is 0.344. The van der Waals surface area contributed by atoms with E-state index in [9.17, 15) is 10.0 Å². The first kappa shape index (κ1) is 17.7. The molecule has 5 rings (SSSR count). The van der Waals surface area contributed by atoms with Crippen LogP contribution in [0, 0.1) is 0 Å². The molecular weight excluding hydrogens is 355 g/mol. The lowest BCUT2D eigenvalue weighted by atomic mass is 9.72. The van der Waals surface area contributed by atoms with Crippen molar-refractivity contribution in [3.8, 4) is 22.3 Å². The van der Waals surface area contributed by atoms with Crippen molar-refractivity contribution in [1.82, 2.24) is 0 Å². The zero-order valence-electron chi connectivity index (χ0n) is 15.8. The van der Waals surface area contributed by atoms with Crippen molar-refractivity contribution in [3.05, 3.63) is 103 Å².